The number of halogens is 1. The zero-order chi connectivity index (χ0) is 13.0. The molecule has 4 nitrogen and oxygen atoms in total. The lowest BCUT2D eigenvalue weighted by atomic mass is 9.94. The van der Waals surface area contributed by atoms with Gasteiger partial charge in [0.25, 0.3) is 0 Å². The summed E-state index contributed by atoms with van der Waals surface area (Å²) in [5, 5.41) is 23.1. The van der Waals surface area contributed by atoms with Crippen molar-refractivity contribution in [3.63, 3.8) is 0 Å². The van der Waals surface area contributed by atoms with E-state index in [2.05, 4.69) is 21.2 Å². The lowest BCUT2D eigenvalue weighted by Crippen LogP contribution is -2.44. The molecule has 1 aliphatic heterocycles. The topological polar surface area (TPSA) is 61.7 Å². The third kappa shape index (κ3) is 3.68. The van der Waals surface area contributed by atoms with Gasteiger partial charge in [0.05, 0.1) is 5.60 Å². The van der Waals surface area contributed by atoms with Crippen LogP contribution < -0.4 is 5.32 Å². The second kappa shape index (κ2) is 6.02. The van der Waals surface area contributed by atoms with Gasteiger partial charge >= 0.3 is 0 Å². The Balaban J connectivity index is 1.86. The Morgan fingerprint density at radius 1 is 1.33 bits per heavy atom. The van der Waals surface area contributed by atoms with E-state index in [4.69, 9.17) is 4.74 Å². The van der Waals surface area contributed by atoms with Gasteiger partial charge in [0, 0.05) is 49.2 Å². The molecule has 1 aromatic carbocycles. The van der Waals surface area contributed by atoms with Gasteiger partial charge < -0.3 is 20.3 Å². The van der Waals surface area contributed by atoms with Crippen molar-refractivity contribution in [3.8, 4) is 5.75 Å². The summed E-state index contributed by atoms with van der Waals surface area (Å²) in [6, 6.07) is 5.32. The summed E-state index contributed by atoms with van der Waals surface area (Å²) in [6.07, 6.45) is 1.31. The summed E-state index contributed by atoms with van der Waals surface area (Å²) in [7, 11) is 0. The van der Waals surface area contributed by atoms with E-state index >= 15 is 0 Å². The van der Waals surface area contributed by atoms with Crippen molar-refractivity contribution < 1.29 is 14.9 Å². The third-order valence-corrected chi connectivity index (χ3v) is 3.73. The first-order valence-corrected chi connectivity index (χ1v) is 6.87. The number of nitrogens with one attached hydrogen (secondary N) is 1. The highest BCUT2D eigenvalue weighted by molar-refractivity contribution is 9.10. The highest BCUT2D eigenvalue weighted by atomic mass is 79.9. The van der Waals surface area contributed by atoms with E-state index in [1.165, 1.54) is 0 Å². The van der Waals surface area contributed by atoms with Crippen LogP contribution in [0.1, 0.15) is 18.4 Å². The quantitative estimate of drug-likeness (QED) is 0.792. The van der Waals surface area contributed by atoms with E-state index in [1.54, 1.807) is 12.1 Å². The molecule has 5 heteroatoms. The first kappa shape index (κ1) is 13.8. The number of hydrogen-bond acceptors (Lipinski definition) is 4. The second-order valence-electron chi connectivity index (χ2n) is 4.71. The third-order valence-electron chi connectivity index (χ3n) is 3.23. The van der Waals surface area contributed by atoms with Crippen LogP contribution >= 0.6 is 15.9 Å². The van der Waals surface area contributed by atoms with E-state index in [-0.39, 0.29) is 5.75 Å². The van der Waals surface area contributed by atoms with Crippen LogP contribution in [0.5, 0.6) is 5.75 Å². The van der Waals surface area contributed by atoms with Crippen LogP contribution in [0.15, 0.2) is 22.7 Å². The number of phenols is 1. The van der Waals surface area contributed by atoms with Crippen LogP contribution in [0.25, 0.3) is 0 Å². The van der Waals surface area contributed by atoms with Crippen LogP contribution in [0.2, 0.25) is 0 Å². The van der Waals surface area contributed by atoms with Crippen molar-refractivity contribution in [2.75, 3.05) is 19.8 Å². The lowest BCUT2D eigenvalue weighted by molar-refractivity contribution is -0.0617. The molecule has 0 atom stereocenters. The number of phenolic OH excluding ortho intramolecular Hbond substituents is 1. The normalized spacial score (nSPS) is 18.8. The van der Waals surface area contributed by atoms with Crippen molar-refractivity contribution in [1.82, 2.24) is 5.32 Å². The standard InChI is InChI=1S/C13H18BrNO3/c14-11-1-2-12(16)10(7-11)8-15-9-13(17)3-5-18-6-4-13/h1-2,7,15-17H,3-6,8-9H2. The van der Waals surface area contributed by atoms with Crippen molar-refractivity contribution >= 4 is 15.9 Å². The number of rotatable bonds is 4. The second-order valence-corrected chi connectivity index (χ2v) is 5.63. The number of hydrogen-bond donors (Lipinski definition) is 3. The van der Waals surface area contributed by atoms with E-state index in [0.29, 0.717) is 39.1 Å². The van der Waals surface area contributed by atoms with Crippen molar-refractivity contribution in [1.29, 1.82) is 0 Å². The van der Waals surface area contributed by atoms with Crippen molar-refractivity contribution in [2.24, 2.45) is 0 Å². The molecule has 0 saturated carbocycles. The highest BCUT2D eigenvalue weighted by Gasteiger charge is 2.29. The number of aliphatic hydroxyl groups is 1. The molecule has 100 valence electrons. The molecular formula is C13H18BrNO3. The smallest absolute Gasteiger partial charge is 0.120 e. The molecule has 1 heterocycles. The molecule has 0 radical (unpaired) electrons. The Hall–Kier alpha value is -0.620. The first-order chi connectivity index (χ1) is 8.59. The van der Waals surface area contributed by atoms with Crippen molar-refractivity contribution in [3.05, 3.63) is 28.2 Å². The number of benzene rings is 1. The Bertz CT molecular complexity index is 405. The Kier molecular flexibility index (Phi) is 4.61. The first-order valence-electron chi connectivity index (χ1n) is 6.07. The maximum Gasteiger partial charge on any atom is 0.120 e. The molecule has 1 fully saturated rings. The molecule has 1 aromatic rings. The number of ether oxygens (including phenoxy) is 1. The van der Waals surface area contributed by atoms with E-state index in [9.17, 15) is 10.2 Å². The average molecular weight is 316 g/mol. The highest BCUT2D eigenvalue weighted by Crippen LogP contribution is 2.23. The lowest BCUT2D eigenvalue weighted by Gasteiger charge is -2.32. The molecule has 0 amide bonds. The fourth-order valence-electron chi connectivity index (χ4n) is 2.05. The monoisotopic (exact) mass is 315 g/mol. The summed E-state index contributed by atoms with van der Waals surface area (Å²) >= 11 is 3.37. The molecule has 3 N–H and O–H groups in total. The van der Waals surface area contributed by atoms with E-state index in [0.717, 1.165) is 10.0 Å². The Labute approximate surface area is 115 Å². The summed E-state index contributed by atoms with van der Waals surface area (Å²) in [4.78, 5) is 0. The van der Waals surface area contributed by atoms with Crippen molar-refractivity contribution in [2.45, 2.75) is 25.0 Å². The van der Waals surface area contributed by atoms with Crippen LogP contribution in [-0.4, -0.2) is 35.6 Å². The molecule has 1 aliphatic rings. The van der Waals surface area contributed by atoms with Gasteiger partial charge in [-0.15, -0.1) is 0 Å². The summed E-state index contributed by atoms with van der Waals surface area (Å²) < 4.78 is 6.16. The number of aromatic hydroxyl groups is 1. The van der Waals surface area contributed by atoms with Crippen LogP contribution in [-0.2, 0) is 11.3 Å². The molecule has 2 rings (SSSR count). The maximum absolute atomic E-state index is 10.3. The largest absolute Gasteiger partial charge is 0.508 e. The SMILES string of the molecule is Oc1ccc(Br)cc1CNCC1(O)CCOCC1. The minimum atomic E-state index is -0.681. The summed E-state index contributed by atoms with van der Waals surface area (Å²) in [6.45, 7) is 2.28. The zero-order valence-corrected chi connectivity index (χ0v) is 11.7. The van der Waals surface area contributed by atoms with Gasteiger partial charge in [0.15, 0.2) is 0 Å². The van der Waals surface area contributed by atoms with Crippen LogP contribution in [0.4, 0.5) is 0 Å². The van der Waals surface area contributed by atoms with Gasteiger partial charge in [-0.1, -0.05) is 15.9 Å². The molecule has 0 bridgehead atoms. The molecule has 0 aromatic heterocycles. The molecule has 18 heavy (non-hydrogen) atoms. The molecule has 1 saturated heterocycles. The maximum atomic E-state index is 10.3. The zero-order valence-electron chi connectivity index (χ0n) is 10.2. The van der Waals surface area contributed by atoms with Gasteiger partial charge in [0.2, 0.25) is 0 Å². The average Bonchev–Trinajstić information content (AvgIpc) is 2.34. The summed E-state index contributed by atoms with van der Waals surface area (Å²) in [5.41, 5.74) is 0.139. The van der Waals surface area contributed by atoms with Gasteiger partial charge in [0.1, 0.15) is 5.75 Å². The van der Waals surface area contributed by atoms with E-state index in [1.807, 2.05) is 6.07 Å². The molecular weight excluding hydrogens is 298 g/mol. The molecule has 0 unspecified atom stereocenters. The minimum Gasteiger partial charge on any atom is -0.508 e. The Morgan fingerprint density at radius 3 is 2.78 bits per heavy atom. The van der Waals surface area contributed by atoms with Crippen LogP contribution in [0.3, 0.4) is 0 Å². The fourth-order valence-corrected chi connectivity index (χ4v) is 2.46. The van der Waals surface area contributed by atoms with Gasteiger partial charge in [-0.3, -0.25) is 0 Å². The van der Waals surface area contributed by atoms with Gasteiger partial charge in [-0.25, -0.2) is 0 Å². The fraction of sp³-hybridized carbons (Fsp3) is 0.538. The molecule has 0 aliphatic carbocycles. The van der Waals surface area contributed by atoms with E-state index < -0.39 is 5.60 Å². The minimum absolute atomic E-state index is 0.268. The molecule has 0 spiro atoms. The summed E-state index contributed by atoms with van der Waals surface area (Å²) in [5.74, 6) is 0.268. The van der Waals surface area contributed by atoms with Crippen LogP contribution in [0, 0.1) is 0 Å². The van der Waals surface area contributed by atoms with Gasteiger partial charge in [-0.2, -0.15) is 0 Å². The predicted octanol–water partition coefficient (Wildman–Crippen LogP) is 1.79. The van der Waals surface area contributed by atoms with Gasteiger partial charge in [-0.05, 0) is 18.2 Å². The Morgan fingerprint density at radius 2 is 2.06 bits per heavy atom. The predicted molar refractivity (Wildman–Crippen MR) is 72.5 cm³/mol.